The Hall–Kier alpha value is -1.88. The Morgan fingerprint density at radius 1 is 1.24 bits per heavy atom. The van der Waals surface area contributed by atoms with Crippen molar-refractivity contribution in [1.29, 1.82) is 0 Å². The third kappa shape index (κ3) is 2.53. The molecule has 2 fully saturated rings. The molecular formula is C16H19NO4. The van der Waals surface area contributed by atoms with E-state index in [1.54, 1.807) is 24.3 Å². The van der Waals surface area contributed by atoms with Crippen LogP contribution in [0, 0.1) is 5.92 Å². The van der Waals surface area contributed by atoms with Gasteiger partial charge in [-0.1, -0.05) is 18.2 Å². The van der Waals surface area contributed by atoms with Crippen molar-refractivity contribution < 1.29 is 19.4 Å². The second-order valence-corrected chi connectivity index (χ2v) is 5.87. The van der Waals surface area contributed by atoms with Gasteiger partial charge in [0, 0.05) is 18.5 Å². The fraction of sp³-hybridized carbons (Fsp3) is 0.500. The number of aliphatic carboxylic acids is 1. The topological polar surface area (TPSA) is 66.8 Å². The Kier molecular flexibility index (Phi) is 3.68. The van der Waals surface area contributed by atoms with E-state index >= 15 is 0 Å². The van der Waals surface area contributed by atoms with Crippen LogP contribution in [0.3, 0.4) is 0 Å². The number of hydrogen-bond donors (Lipinski definition) is 1. The molecule has 2 bridgehead atoms. The fourth-order valence-electron chi connectivity index (χ4n) is 3.65. The molecule has 0 radical (unpaired) electrons. The average molecular weight is 289 g/mol. The minimum Gasteiger partial charge on any atom is -0.481 e. The van der Waals surface area contributed by atoms with Crippen LogP contribution in [0.5, 0.6) is 0 Å². The molecule has 0 saturated carbocycles. The Morgan fingerprint density at radius 3 is 2.62 bits per heavy atom. The molecule has 1 aromatic carbocycles. The molecule has 0 spiro atoms. The molecule has 2 heterocycles. The SMILES string of the molecule is CN1[C@H]2CC[C@H]1[C@@H](C(=O)O)[C@@H](OC(=O)c1ccccc1)C2. The zero-order valence-electron chi connectivity index (χ0n) is 11.9. The second kappa shape index (κ2) is 5.48. The summed E-state index contributed by atoms with van der Waals surface area (Å²) in [6, 6.07) is 9.01. The lowest BCUT2D eigenvalue weighted by atomic mass is 9.87. The number of ether oxygens (including phenoxy) is 1. The molecule has 21 heavy (non-hydrogen) atoms. The van der Waals surface area contributed by atoms with E-state index in [-0.39, 0.29) is 6.04 Å². The van der Waals surface area contributed by atoms with Crippen LogP contribution in [0.1, 0.15) is 29.6 Å². The largest absolute Gasteiger partial charge is 0.481 e. The maximum absolute atomic E-state index is 12.2. The first-order chi connectivity index (χ1) is 10.1. The number of fused-ring (bicyclic) bond motifs is 2. The van der Waals surface area contributed by atoms with Gasteiger partial charge in [-0.25, -0.2) is 4.79 Å². The molecule has 2 saturated heterocycles. The molecule has 5 heteroatoms. The van der Waals surface area contributed by atoms with Gasteiger partial charge in [-0.3, -0.25) is 9.69 Å². The van der Waals surface area contributed by atoms with E-state index in [1.165, 1.54) is 0 Å². The standard InChI is InChI=1S/C16H19NO4/c1-17-11-7-8-12(17)14(15(18)19)13(9-11)21-16(20)10-5-3-2-4-6-10/h2-6,11-14H,7-9H2,1H3,(H,18,19)/t11-,12-,13-,14+/m0/s1. The summed E-state index contributed by atoms with van der Waals surface area (Å²) in [5.41, 5.74) is 0.466. The normalized spacial score (nSPS) is 31.9. The second-order valence-electron chi connectivity index (χ2n) is 5.87. The van der Waals surface area contributed by atoms with Gasteiger partial charge in [0.2, 0.25) is 0 Å². The van der Waals surface area contributed by atoms with E-state index in [4.69, 9.17) is 4.74 Å². The monoisotopic (exact) mass is 289 g/mol. The predicted molar refractivity (Wildman–Crippen MR) is 76.0 cm³/mol. The van der Waals surface area contributed by atoms with Crippen LogP contribution < -0.4 is 0 Å². The molecule has 0 amide bonds. The number of carboxylic acids is 1. The number of rotatable bonds is 3. The van der Waals surface area contributed by atoms with Gasteiger partial charge in [0.25, 0.3) is 0 Å². The number of benzene rings is 1. The summed E-state index contributed by atoms with van der Waals surface area (Å²) in [5, 5.41) is 9.51. The Morgan fingerprint density at radius 2 is 1.95 bits per heavy atom. The Labute approximate surface area is 123 Å². The van der Waals surface area contributed by atoms with Gasteiger partial charge in [-0.05, 0) is 32.0 Å². The van der Waals surface area contributed by atoms with Gasteiger partial charge in [-0.15, -0.1) is 0 Å². The van der Waals surface area contributed by atoms with Gasteiger partial charge >= 0.3 is 11.9 Å². The molecular weight excluding hydrogens is 270 g/mol. The molecule has 1 aromatic rings. The number of carbonyl (C=O) groups excluding carboxylic acids is 1. The van der Waals surface area contributed by atoms with Crippen molar-refractivity contribution in [2.24, 2.45) is 5.92 Å². The average Bonchev–Trinajstić information content (AvgIpc) is 2.72. The van der Waals surface area contributed by atoms with Crippen molar-refractivity contribution in [1.82, 2.24) is 4.90 Å². The van der Waals surface area contributed by atoms with Crippen molar-refractivity contribution in [3.63, 3.8) is 0 Å². The van der Waals surface area contributed by atoms with Crippen LogP contribution in [0.4, 0.5) is 0 Å². The maximum atomic E-state index is 12.2. The molecule has 2 aliphatic heterocycles. The van der Waals surface area contributed by atoms with Crippen molar-refractivity contribution >= 4 is 11.9 Å². The van der Waals surface area contributed by atoms with Crippen LogP contribution in [0.25, 0.3) is 0 Å². The van der Waals surface area contributed by atoms with Crippen LogP contribution in [-0.2, 0) is 9.53 Å². The zero-order valence-corrected chi connectivity index (χ0v) is 11.9. The Balaban J connectivity index is 1.78. The summed E-state index contributed by atoms with van der Waals surface area (Å²) in [7, 11) is 1.97. The van der Waals surface area contributed by atoms with Crippen molar-refractivity contribution in [2.45, 2.75) is 37.5 Å². The molecule has 1 N–H and O–H groups in total. The third-order valence-corrected chi connectivity index (χ3v) is 4.77. The fourth-order valence-corrected chi connectivity index (χ4v) is 3.65. The first kappa shape index (κ1) is 14.1. The summed E-state index contributed by atoms with van der Waals surface area (Å²) in [6.07, 6.45) is 1.90. The predicted octanol–water partition coefficient (Wildman–Crippen LogP) is 1.78. The van der Waals surface area contributed by atoms with Gasteiger partial charge in [0.15, 0.2) is 0 Å². The maximum Gasteiger partial charge on any atom is 0.338 e. The molecule has 5 nitrogen and oxygen atoms in total. The lowest BCUT2D eigenvalue weighted by Crippen LogP contribution is -2.53. The summed E-state index contributed by atoms with van der Waals surface area (Å²) in [6.45, 7) is 0. The quantitative estimate of drug-likeness (QED) is 0.859. The van der Waals surface area contributed by atoms with Crippen molar-refractivity contribution in [3.05, 3.63) is 35.9 Å². The van der Waals surface area contributed by atoms with Crippen molar-refractivity contribution in [3.8, 4) is 0 Å². The highest BCUT2D eigenvalue weighted by Gasteiger charge is 2.50. The van der Waals surface area contributed by atoms with Crippen LogP contribution in [0.15, 0.2) is 30.3 Å². The molecule has 2 aliphatic rings. The number of nitrogens with zero attached hydrogens (tertiary/aromatic N) is 1. The minimum atomic E-state index is -0.877. The van der Waals surface area contributed by atoms with E-state index in [1.807, 2.05) is 13.1 Å². The van der Waals surface area contributed by atoms with E-state index in [9.17, 15) is 14.7 Å². The van der Waals surface area contributed by atoms with Gasteiger partial charge in [0.05, 0.1) is 5.56 Å². The lowest BCUT2D eigenvalue weighted by Gasteiger charge is -2.40. The molecule has 112 valence electrons. The van der Waals surface area contributed by atoms with Gasteiger partial charge in [0.1, 0.15) is 12.0 Å². The molecule has 4 atom stereocenters. The third-order valence-electron chi connectivity index (χ3n) is 4.77. The molecule has 0 unspecified atom stereocenters. The minimum absolute atomic E-state index is 0.0326. The number of piperidine rings is 1. The zero-order chi connectivity index (χ0) is 15.0. The van der Waals surface area contributed by atoms with Gasteiger partial charge < -0.3 is 9.84 Å². The van der Waals surface area contributed by atoms with E-state index < -0.39 is 24.0 Å². The molecule has 0 aliphatic carbocycles. The Bertz CT molecular complexity index is 544. The van der Waals surface area contributed by atoms with Crippen molar-refractivity contribution in [2.75, 3.05) is 7.05 Å². The van der Waals surface area contributed by atoms with Crippen LogP contribution >= 0.6 is 0 Å². The summed E-state index contributed by atoms with van der Waals surface area (Å²) in [5.74, 6) is -1.95. The van der Waals surface area contributed by atoms with Crippen LogP contribution in [-0.4, -0.2) is 47.2 Å². The van der Waals surface area contributed by atoms with E-state index in [2.05, 4.69) is 4.90 Å². The highest BCUT2D eigenvalue weighted by Crippen LogP contribution is 2.39. The molecule has 0 aromatic heterocycles. The lowest BCUT2D eigenvalue weighted by molar-refractivity contribution is -0.152. The highest BCUT2D eigenvalue weighted by molar-refractivity contribution is 5.89. The summed E-state index contributed by atoms with van der Waals surface area (Å²) < 4.78 is 5.53. The molecule has 3 rings (SSSR count). The number of hydrogen-bond acceptors (Lipinski definition) is 4. The van der Waals surface area contributed by atoms with E-state index in [0.717, 1.165) is 12.8 Å². The number of carboxylic acid groups (broad SMARTS) is 1. The smallest absolute Gasteiger partial charge is 0.338 e. The van der Waals surface area contributed by atoms with Gasteiger partial charge in [-0.2, -0.15) is 0 Å². The first-order valence-electron chi connectivity index (χ1n) is 7.28. The first-order valence-corrected chi connectivity index (χ1v) is 7.28. The van der Waals surface area contributed by atoms with E-state index in [0.29, 0.717) is 18.0 Å². The highest BCUT2D eigenvalue weighted by atomic mass is 16.5. The number of carbonyl (C=O) groups is 2. The summed E-state index contributed by atoms with van der Waals surface area (Å²) in [4.78, 5) is 25.9. The summed E-state index contributed by atoms with van der Waals surface area (Å²) >= 11 is 0. The number of esters is 1. The van der Waals surface area contributed by atoms with Crippen LogP contribution in [0.2, 0.25) is 0 Å².